The zero-order chi connectivity index (χ0) is 25.2. The van der Waals surface area contributed by atoms with E-state index in [1.165, 1.54) is 0 Å². The maximum Gasteiger partial charge on any atom is 0.304 e. The fraction of sp³-hybridized carbons (Fsp3) is 0.440. The standard InChI is InChI=1S/C25H29Cl2NO5S/c1-15(2)21(14-34(32)33)28-23(16-7-9-18(26)10-8-16)20(17-5-4-6-19(27)11-17)12-25(3,24(28)31)13-22(29)30/h4-11,15,20-21,23H,12-14H2,1-3H3,(H,29,30)(H,32,33)/p-1/t20-,21-,23?,25-/m1/s1. The number of rotatable bonds is 8. The van der Waals surface area contributed by atoms with E-state index in [4.69, 9.17) is 23.2 Å². The Hall–Kier alpha value is -1.93. The lowest BCUT2D eigenvalue weighted by Gasteiger charge is -2.53. The predicted octanol–water partition coefficient (Wildman–Crippen LogP) is 5.44. The van der Waals surface area contributed by atoms with Gasteiger partial charge in [0, 0.05) is 27.8 Å². The van der Waals surface area contributed by atoms with Crippen LogP contribution in [0.5, 0.6) is 0 Å². The Balaban J connectivity index is 2.27. The fourth-order valence-electron chi connectivity index (χ4n) is 4.98. The molecule has 1 aliphatic heterocycles. The molecule has 0 radical (unpaired) electrons. The van der Waals surface area contributed by atoms with Gasteiger partial charge in [0.15, 0.2) is 0 Å². The second-order valence-corrected chi connectivity index (χ2v) is 11.3. The SMILES string of the molecule is CC(C)[C@@H](CS(=O)[O-])N1C(=O)[C@@](C)(CC(=O)O)C[C@H](c2cccc(Cl)c2)C1c1ccc(Cl)cc1. The third-order valence-corrected chi connectivity index (χ3v) is 7.67. The molecule has 0 saturated carbocycles. The van der Waals surface area contributed by atoms with E-state index in [0.717, 1.165) is 11.1 Å². The first-order chi connectivity index (χ1) is 15.9. The molecule has 34 heavy (non-hydrogen) atoms. The molecule has 3 rings (SSSR count). The molecule has 1 saturated heterocycles. The predicted molar refractivity (Wildman–Crippen MR) is 133 cm³/mol. The summed E-state index contributed by atoms with van der Waals surface area (Å²) in [5, 5.41) is 10.7. The Bertz CT molecular complexity index is 1080. The van der Waals surface area contributed by atoms with E-state index >= 15 is 0 Å². The van der Waals surface area contributed by atoms with Crippen LogP contribution in [-0.4, -0.2) is 42.4 Å². The van der Waals surface area contributed by atoms with Crippen LogP contribution in [0.2, 0.25) is 10.0 Å². The van der Waals surface area contributed by atoms with E-state index in [-0.39, 0.29) is 36.3 Å². The van der Waals surface area contributed by atoms with Crippen molar-refractivity contribution in [2.24, 2.45) is 11.3 Å². The Morgan fingerprint density at radius 3 is 2.35 bits per heavy atom. The number of likely N-dealkylation sites (tertiary alicyclic amines) is 1. The topological polar surface area (TPSA) is 97.7 Å². The van der Waals surface area contributed by atoms with Gasteiger partial charge >= 0.3 is 5.97 Å². The minimum Gasteiger partial charge on any atom is -0.772 e. The molecular formula is C25H28Cl2NO5S-. The molecule has 6 nitrogen and oxygen atoms in total. The van der Waals surface area contributed by atoms with Crippen molar-refractivity contribution in [1.29, 1.82) is 0 Å². The lowest BCUT2D eigenvalue weighted by molar-refractivity contribution is -0.161. The third-order valence-electron chi connectivity index (χ3n) is 6.57. The Labute approximate surface area is 212 Å². The van der Waals surface area contributed by atoms with Gasteiger partial charge < -0.3 is 14.6 Å². The molecule has 0 bridgehead atoms. The molecule has 1 aliphatic rings. The van der Waals surface area contributed by atoms with Crippen molar-refractivity contribution < 1.29 is 23.5 Å². The van der Waals surface area contributed by atoms with Gasteiger partial charge in [-0.05, 0) is 47.7 Å². The number of hydrogen-bond acceptors (Lipinski definition) is 4. The number of carbonyl (C=O) groups excluding carboxylic acids is 1. The number of benzene rings is 2. The summed E-state index contributed by atoms with van der Waals surface area (Å²) in [4.78, 5) is 27.4. The summed E-state index contributed by atoms with van der Waals surface area (Å²) in [5.74, 6) is -2.21. The van der Waals surface area contributed by atoms with Crippen LogP contribution in [0.1, 0.15) is 56.7 Å². The molecule has 2 unspecified atom stereocenters. The van der Waals surface area contributed by atoms with Crippen LogP contribution in [0, 0.1) is 11.3 Å². The molecule has 1 heterocycles. The zero-order valence-electron chi connectivity index (χ0n) is 19.2. The molecule has 0 spiro atoms. The van der Waals surface area contributed by atoms with Gasteiger partial charge in [-0.3, -0.25) is 13.8 Å². The second kappa shape index (κ2) is 10.8. The summed E-state index contributed by atoms with van der Waals surface area (Å²) in [6.07, 6.45) is -0.0917. The van der Waals surface area contributed by atoms with Gasteiger partial charge in [-0.1, -0.05) is 79.3 Å². The second-order valence-electron chi connectivity index (χ2n) is 9.49. The number of carboxylic acid groups (broad SMARTS) is 1. The summed E-state index contributed by atoms with van der Waals surface area (Å²) in [6.45, 7) is 5.38. The van der Waals surface area contributed by atoms with Gasteiger partial charge in [-0.25, -0.2) is 0 Å². The first-order valence-corrected chi connectivity index (χ1v) is 13.0. The lowest BCUT2D eigenvalue weighted by atomic mass is 9.66. The largest absolute Gasteiger partial charge is 0.772 e. The molecule has 1 fully saturated rings. The normalized spacial score (nSPS) is 24.8. The van der Waals surface area contributed by atoms with Gasteiger partial charge in [0.2, 0.25) is 5.91 Å². The first-order valence-electron chi connectivity index (χ1n) is 11.0. The third kappa shape index (κ3) is 5.82. The highest BCUT2D eigenvalue weighted by molar-refractivity contribution is 7.79. The van der Waals surface area contributed by atoms with E-state index in [1.54, 1.807) is 30.0 Å². The molecular weight excluding hydrogens is 497 g/mol. The Morgan fingerprint density at radius 2 is 1.82 bits per heavy atom. The average Bonchev–Trinajstić information content (AvgIpc) is 2.74. The molecule has 5 atom stereocenters. The fourth-order valence-corrected chi connectivity index (χ4v) is 6.13. The number of carbonyl (C=O) groups is 2. The molecule has 1 N–H and O–H groups in total. The van der Waals surface area contributed by atoms with E-state index in [2.05, 4.69) is 0 Å². The van der Waals surface area contributed by atoms with Gasteiger partial charge in [0.1, 0.15) is 0 Å². The summed E-state index contributed by atoms with van der Waals surface area (Å²) < 4.78 is 23.6. The van der Waals surface area contributed by atoms with Gasteiger partial charge in [-0.15, -0.1) is 0 Å². The Morgan fingerprint density at radius 1 is 1.18 bits per heavy atom. The monoisotopic (exact) mass is 524 g/mol. The quantitative estimate of drug-likeness (QED) is 0.463. The van der Waals surface area contributed by atoms with Gasteiger partial charge in [-0.2, -0.15) is 0 Å². The number of hydrogen-bond donors (Lipinski definition) is 1. The molecule has 2 aromatic rings. The van der Waals surface area contributed by atoms with Crippen LogP contribution in [-0.2, 0) is 20.7 Å². The first kappa shape index (κ1) is 26.7. The number of nitrogens with zero attached hydrogens (tertiary/aromatic N) is 1. The van der Waals surface area contributed by atoms with Crippen LogP contribution >= 0.6 is 23.2 Å². The lowest BCUT2D eigenvalue weighted by Crippen LogP contribution is -2.58. The minimum atomic E-state index is -2.41. The van der Waals surface area contributed by atoms with Crippen LogP contribution in [0.4, 0.5) is 0 Å². The van der Waals surface area contributed by atoms with Crippen molar-refractivity contribution in [2.75, 3.05) is 5.75 Å². The molecule has 0 aliphatic carbocycles. The summed E-state index contributed by atoms with van der Waals surface area (Å²) in [5.41, 5.74) is 0.425. The molecule has 9 heteroatoms. The van der Waals surface area contributed by atoms with Crippen LogP contribution in [0.15, 0.2) is 48.5 Å². The van der Waals surface area contributed by atoms with E-state index in [9.17, 15) is 23.5 Å². The highest BCUT2D eigenvalue weighted by atomic mass is 35.5. The van der Waals surface area contributed by atoms with E-state index < -0.39 is 34.5 Å². The van der Waals surface area contributed by atoms with Crippen molar-refractivity contribution in [3.63, 3.8) is 0 Å². The molecule has 184 valence electrons. The molecule has 2 aromatic carbocycles. The van der Waals surface area contributed by atoms with Crippen molar-refractivity contribution in [3.05, 3.63) is 69.7 Å². The number of halogens is 2. The number of piperidine rings is 1. The number of amides is 1. The van der Waals surface area contributed by atoms with E-state index in [1.807, 2.05) is 44.2 Å². The van der Waals surface area contributed by atoms with Crippen molar-refractivity contribution in [2.45, 2.75) is 51.6 Å². The highest BCUT2D eigenvalue weighted by Gasteiger charge is 2.52. The average molecular weight is 525 g/mol. The van der Waals surface area contributed by atoms with Crippen LogP contribution < -0.4 is 0 Å². The number of carboxylic acids is 1. The van der Waals surface area contributed by atoms with Crippen molar-refractivity contribution >= 4 is 46.2 Å². The minimum absolute atomic E-state index is 0.191. The van der Waals surface area contributed by atoms with E-state index in [0.29, 0.717) is 10.0 Å². The highest BCUT2D eigenvalue weighted by Crippen LogP contribution is 2.52. The summed E-state index contributed by atoms with van der Waals surface area (Å²) in [6, 6.07) is 13.2. The van der Waals surface area contributed by atoms with Gasteiger partial charge in [0.05, 0.1) is 17.9 Å². The zero-order valence-corrected chi connectivity index (χ0v) is 21.6. The smallest absolute Gasteiger partial charge is 0.304 e. The Kier molecular flexibility index (Phi) is 8.45. The molecule has 0 aromatic heterocycles. The summed E-state index contributed by atoms with van der Waals surface area (Å²) in [7, 11) is 0. The van der Waals surface area contributed by atoms with Crippen LogP contribution in [0.3, 0.4) is 0 Å². The van der Waals surface area contributed by atoms with Crippen molar-refractivity contribution in [3.8, 4) is 0 Å². The van der Waals surface area contributed by atoms with Crippen LogP contribution in [0.25, 0.3) is 0 Å². The van der Waals surface area contributed by atoms with Gasteiger partial charge in [0.25, 0.3) is 0 Å². The maximum absolute atomic E-state index is 14.0. The number of aliphatic carboxylic acids is 1. The van der Waals surface area contributed by atoms with Crippen molar-refractivity contribution in [1.82, 2.24) is 4.90 Å². The maximum atomic E-state index is 14.0. The summed E-state index contributed by atoms with van der Waals surface area (Å²) >= 11 is 10.0. The molecule has 1 amide bonds.